The van der Waals surface area contributed by atoms with Gasteiger partial charge in [-0.05, 0) is 12.8 Å². The predicted octanol–water partition coefficient (Wildman–Crippen LogP) is 1.55. The monoisotopic (exact) mass is 172 g/mol. The van der Waals surface area contributed by atoms with Gasteiger partial charge in [0.15, 0.2) is 0 Å². The Hall–Kier alpha value is -0.860. The molecule has 0 heterocycles. The number of methoxy groups -OCH3 is 1. The van der Waals surface area contributed by atoms with Crippen LogP contribution in [0.25, 0.3) is 0 Å². The second kappa shape index (κ2) is 6.83. The van der Waals surface area contributed by atoms with Gasteiger partial charge in [-0.25, -0.2) is 0 Å². The van der Waals surface area contributed by atoms with Crippen LogP contribution in [-0.4, -0.2) is 19.4 Å². The van der Waals surface area contributed by atoms with E-state index in [1.54, 1.807) is 0 Å². The second-order valence-corrected chi connectivity index (χ2v) is 2.94. The minimum Gasteiger partial charge on any atom is -0.469 e. The van der Waals surface area contributed by atoms with E-state index < -0.39 is 0 Å². The van der Waals surface area contributed by atoms with E-state index >= 15 is 0 Å². The smallest absolute Gasteiger partial charge is 0.305 e. The number of ether oxygens (including phenoxy) is 1. The van der Waals surface area contributed by atoms with Crippen molar-refractivity contribution in [2.24, 2.45) is 5.92 Å². The average Bonchev–Trinajstić information content (AvgIpc) is 2.11. The predicted molar refractivity (Wildman–Crippen MR) is 45.7 cm³/mol. The van der Waals surface area contributed by atoms with Gasteiger partial charge in [0, 0.05) is 12.3 Å². The summed E-state index contributed by atoms with van der Waals surface area (Å²) in [6, 6.07) is 0. The van der Waals surface area contributed by atoms with Gasteiger partial charge >= 0.3 is 5.97 Å². The summed E-state index contributed by atoms with van der Waals surface area (Å²) >= 11 is 0. The quantitative estimate of drug-likeness (QED) is 0.347. The van der Waals surface area contributed by atoms with E-state index in [0.29, 0.717) is 6.42 Å². The van der Waals surface area contributed by atoms with Crippen molar-refractivity contribution >= 4 is 12.3 Å². The Morgan fingerprint density at radius 3 is 2.67 bits per heavy atom. The molecule has 0 bridgehead atoms. The van der Waals surface area contributed by atoms with Crippen LogP contribution >= 0.6 is 0 Å². The van der Waals surface area contributed by atoms with E-state index in [2.05, 4.69) is 4.74 Å². The zero-order valence-electron chi connectivity index (χ0n) is 7.71. The Labute approximate surface area is 73.1 Å². The van der Waals surface area contributed by atoms with Gasteiger partial charge in [0.1, 0.15) is 6.29 Å². The van der Waals surface area contributed by atoms with E-state index in [-0.39, 0.29) is 11.9 Å². The summed E-state index contributed by atoms with van der Waals surface area (Å²) in [4.78, 5) is 20.8. The maximum absolute atomic E-state index is 10.6. The zero-order valence-corrected chi connectivity index (χ0v) is 7.71. The molecule has 70 valence electrons. The molecule has 0 rings (SSSR count). The first-order valence-electron chi connectivity index (χ1n) is 4.22. The van der Waals surface area contributed by atoms with E-state index in [0.717, 1.165) is 25.5 Å². The molecule has 0 N–H and O–H groups in total. The highest BCUT2D eigenvalue weighted by atomic mass is 16.5. The second-order valence-electron chi connectivity index (χ2n) is 2.94. The fourth-order valence-electron chi connectivity index (χ4n) is 0.906. The lowest BCUT2D eigenvalue weighted by Gasteiger charge is -2.01. The fraction of sp³-hybridized carbons (Fsp3) is 0.778. The molecule has 0 amide bonds. The lowest BCUT2D eigenvalue weighted by Crippen LogP contribution is -2.01. The summed E-state index contributed by atoms with van der Waals surface area (Å²) < 4.78 is 4.48. The van der Waals surface area contributed by atoms with Crippen LogP contribution in [0.2, 0.25) is 0 Å². The first-order chi connectivity index (χ1) is 5.70. The summed E-state index contributed by atoms with van der Waals surface area (Å²) in [6.45, 7) is 1.88. The standard InChI is InChI=1S/C9H16O3/c1-8(7-10)5-3-4-6-9(11)12-2/h7-8H,3-6H2,1-2H3. The number of esters is 1. The molecule has 0 aromatic carbocycles. The van der Waals surface area contributed by atoms with Crippen molar-refractivity contribution in [3.63, 3.8) is 0 Å². The van der Waals surface area contributed by atoms with Crippen LogP contribution in [0, 0.1) is 5.92 Å². The van der Waals surface area contributed by atoms with Crippen LogP contribution in [-0.2, 0) is 14.3 Å². The average molecular weight is 172 g/mol. The van der Waals surface area contributed by atoms with Crippen molar-refractivity contribution in [1.29, 1.82) is 0 Å². The fourth-order valence-corrected chi connectivity index (χ4v) is 0.906. The van der Waals surface area contributed by atoms with Crippen molar-refractivity contribution < 1.29 is 14.3 Å². The molecule has 1 atom stereocenters. The molecule has 3 heteroatoms. The van der Waals surface area contributed by atoms with Crippen molar-refractivity contribution in [2.45, 2.75) is 32.6 Å². The minimum absolute atomic E-state index is 0.114. The van der Waals surface area contributed by atoms with Gasteiger partial charge in [-0.15, -0.1) is 0 Å². The number of aldehydes is 1. The third-order valence-corrected chi connectivity index (χ3v) is 1.75. The van der Waals surface area contributed by atoms with E-state index in [4.69, 9.17) is 0 Å². The molecule has 0 radical (unpaired) electrons. The molecule has 0 aromatic heterocycles. The maximum atomic E-state index is 10.6. The van der Waals surface area contributed by atoms with Gasteiger partial charge in [0.05, 0.1) is 7.11 Å². The lowest BCUT2D eigenvalue weighted by molar-refractivity contribution is -0.140. The zero-order chi connectivity index (χ0) is 9.40. The van der Waals surface area contributed by atoms with Gasteiger partial charge in [-0.2, -0.15) is 0 Å². The number of hydrogen-bond donors (Lipinski definition) is 0. The number of carbonyl (C=O) groups excluding carboxylic acids is 2. The van der Waals surface area contributed by atoms with Crippen molar-refractivity contribution in [1.82, 2.24) is 0 Å². The van der Waals surface area contributed by atoms with E-state index in [1.165, 1.54) is 7.11 Å². The van der Waals surface area contributed by atoms with Crippen LogP contribution in [0.1, 0.15) is 32.6 Å². The topological polar surface area (TPSA) is 43.4 Å². The number of carbonyl (C=O) groups is 2. The van der Waals surface area contributed by atoms with Crippen molar-refractivity contribution in [2.75, 3.05) is 7.11 Å². The molecule has 0 aliphatic heterocycles. The Balaban J connectivity index is 3.21. The molecule has 3 nitrogen and oxygen atoms in total. The third-order valence-electron chi connectivity index (χ3n) is 1.75. The molecule has 0 spiro atoms. The van der Waals surface area contributed by atoms with Crippen LogP contribution in [0.5, 0.6) is 0 Å². The highest BCUT2D eigenvalue weighted by Gasteiger charge is 2.02. The van der Waals surface area contributed by atoms with Gasteiger partial charge < -0.3 is 9.53 Å². The molecule has 0 aliphatic carbocycles. The lowest BCUT2D eigenvalue weighted by atomic mass is 10.1. The first-order valence-corrected chi connectivity index (χ1v) is 4.22. The number of unbranched alkanes of at least 4 members (excludes halogenated alkanes) is 1. The maximum Gasteiger partial charge on any atom is 0.305 e. The highest BCUT2D eigenvalue weighted by molar-refractivity contribution is 5.68. The van der Waals surface area contributed by atoms with Crippen LogP contribution in [0.15, 0.2) is 0 Å². The molecule has 12 heavy (non-hydrogen) atoms. The Morgan fingerprint density at radius 2 is 2.17 bits per heavy atom. The molecular formula is C9H16O3. The molecular weight excluding hydrogens is 156 g/mol. The van der Waals surface area contributed by atoms with Crippen LogP contribution < -0.4 is 0 Å². The number of hydrogen-bond acceptors (Lipinski definition) is 3. The summed E-state index contributed by atoms with van der Waals surface area (Å²) in [5.74, 6) is -0.0589. The van der Waals surface area contributed by atoms with E-state index in [1.807, 2.05) is 6.92 Å². The summed E-state index contributed by atoms with van der Waals surface area (Å²) in [7, 11) is 1.39. The van der Waals surface area contributed by atoms with Crippen molar-refractivity contribution in [3.8, 4) is 0 Å². The van der Waals surface area contributed by atoms with Gasteiger partial charge in [0.2, 0.25) is 0 Å². The molecule has 0 saturated carbocycles. The summed E-state index contributed by atoms with van der Waals surface area (Å²) in [5, 5.41) is 0. The first kappa shape index (κ1) is 11.1. The van der Waals surface area contributed by atoms with E-state index in [9.17, 15) is 9.59 Å². The Bertz CT molecular complexity index is 143. The molecule has 1 unspecified atom stereocenters. The van der Waals surface area contributed by atoms with Gasteiger partial charge in [0.25, 0.3) is 0 Å². The Morgan fingerprint density at radius 1 is 1.50 bits per heavy atom. The highest BCUT2D eigenvalue weighted by Crippen LogP contribution is 2.07. The van der Waals surface area contributed by atoms with Crippen molar-refractivity contribution in [3.05, 3.63) is 0 Å². The Kier molecular flexibility index (Phi) is 6.34. The SMILES string of the molecule is COC(=O)CCCCC(C)C=O. The molecule has 0 saturated heterocycles. The van der Waals surface area contributed by atoms with Crippen LogP contribution in [0.3, 0.4) is 0 Å². The minimum atomic E-state index is -0.172. The molecule has 0 fully saturated rings. The number of rotatable bonds is 6. The van der Waals surface area contributed by atoms with Gasteiger partial charge in [-0.1, -0.05) is 13.3 Å². The largest absolute Gasteiger partial charge is 0.469 e. The summed E-state index contributed by atoms with van der Waals surface area (Å²) in [5.41, 5.74) is 0. The normalized spacial score (nSPS) is 12.2. The summed E-state index contributed by atoms with van der Waals surface area (Å²) in [6.07, 6.45) is 3.99. The third kappa shape index (κ3) is 5.89. The molecule has 0 aromatic rings. The van der Waals surface area contributed by atoms with Gasteiger partial charge in [-0.3, -0.25) is 4.79 Å². The molecule has 0 aliphatic rings. The van der Waals surface area contributed by atoms with Crippen LogP contribution in [0.4, 0.5) is 0 Å².